The number of primary amides is 1. The van der Waals surface area contributed by atoms with Crippen LogP contribution in [0.15, 0.2) is 29.3 Å². The lowest BCUT2D eigenvalue weighted by molar-refractivity contribution is -0.119. The van der Waals surface area contributed by atoms with E-state index in [1.165, 1.54) is 6.42 Å². The molecule has 7 nitrogen and oxygen atoms in total. The highest BCUT2D eigenvalue weighted by atomic mass is 16.5. The maximum atomic E-state index is 10.8. The van der Waals surface area contributed by atoms with Crippen molar-refractivity contribution in [2.24, 2.45) is 10.7 Å². The molecule has 2 aliphatic heterocycles. The van der Waals surface area contributed by atoms with Gasteiger partial charge < -0.3 is 25.8 Å². The molecular weight excluding hydrogens is 320 g/mol. The van der Waals surface area contributed by atoms with Crippen LogP contribution >= 0.6 is 0 Å². The number of ether oxygens (including phenoxy) is 2. The van der Waals surface area contributed by atoms with Gasteiger partial charge in [-0.05, 0) is 43.9 Å². The minimum Gasteiger partial charge on any atom is -0.484 e. The van der Waals surface area contributed by atoms with Gasteiger partial charge in [0.15, 0.2) is 12.6 Å². The topological polar surface area (TPSA) is 98.0 Å². The molecule has 0 aromatic heterocycles. The molecule has 3 unspecified atom stereocenters. The molecule has 0 saturated carbocycles. The molecule has 2 fully saturated rings. The lowest BCUT2D eigenvalue weighted by Gasteiger charge is -2.22. The number of benzene rings is 1. The van der Waals surface area contributed by atoms with Gasteiger partial charge >= 0.3 is 0 Å². The number of nitrogens with zero attached hydrogens (tertiary/aromatic N) is 1. The van der Waals surface area contributed by atoms with Crippen LogP contribution in [-0.2, 0) is 16.1 Å². The summed E-state index contributed by atoms with van der Waals surface area (Å²) < 4.78 is 11.2. The van der Waals surface area contributed by atoms with E-state index in [0.29, 0.717) is 30.5 Å². The third-order valence-electron chi connectivity index (χ3n) is 4.47. The van der Waals surface area contributed by atoms with E-state index in [0.717, 1.165) is 30.9 Å². The SMILES string of the molecule is CCNC(=NCc1cccc(OCC(N)=O)c1)NC1CC2CCC1O2. The summed E-state index contributed by atoms with van der Waals surface area (Å²) in [6.07, 6.45) is 4.06. The molecule has 0 spiro atoms. The van der Waals surface area contributed by atoms with Crippen molar-refractivity contribution in [2.75, 3.05) is 13.2 Å². The number of nitrogens with two attached hydrogens (primary N) is 1. The van der Waals surface area contributed by atoms with Crippen molar-refractivity contribution in [1.82, 2.24) is 10.6 Å². The molecule has 3 atom stereocenters. The van der Waals surface area contributed by atoms with E-state index in [-0.39, 0.29) is 6.61 Å². The Labute approximate surface area is 148 Å². The molecule has 4 N–H and O–H groups in total. The average Bonchev–Trinajstić information content (AvgIpc) is 3.21. The van der Waals surface area contributed by atoms with Crippen LogP contribution in [0.1, 0.15) is 31.7 Å². The number of guanidine groups is 1. The van der Waals surface area contributed by atoms with E-state index in [1.54, 1.807) is 6.07 Å². The lowest BCUT2D eigenvalue weighted by Crippen LogP contribution is -2.47. The van der Waals surface area contributed by atoms with Gasteiger partial charge in [0.1, 0.15) is 5.75 Å². The van der Waals surface area contributed by atoms with Crippen LogP contribution in [0, 0.1) is 0 Å². The van der Waals surface area contributed by atoms with Gasteiger partial charge in [-0.3, -0.25) is 4.79 Å². The maximum absolute atomic E-state index is 10.8. The summed E-state index contributed by atoms with van der Waals surface area (Å²) in [5, 5.41) is 6.78. The van der Waals surface area contributed by atoms with Crippen LogP contribution in [0.3, 0.4) is 0 Å². The second-order valence-electron chi connectivity index (χ2n) is 6.46. The number of hydrogen-bond donors (Lipinski definition) is 3. The number of carbonyl (C=O) groups is 1. The minimum absolute atomic E-state index is 0.124. The van der Waals surface area contributed by atoms with E-state index >= 15 is 0 Å². The first-order chi connectivity index (χ1) is 12.1. The molecule has 0 radical (unpaired) electrons. The van der Waals surface area contributed by atoms with Gasteiger partial charge in [-0.2, -0.15) is 0 Å². The van der Waals surface area contributed by atoms with Gasteiger partial charge in [0.2, 0.25) is 0 Å². The molecule has 7 heteroatoms. The van der Waals surface area contributed by atoms with Crippen LogP contribution in [-0.4, -0.2) is 43.3 Å². The summed E-state index contributed by atoms with van der Waals surface area (Å²) in [6, 6.07) is 7.86. The number of amides is 1. The van der Waals surface area contributed by atoms with Crippen molar-refractivity contribution in [3.8, 4) is 5.75 Å². The van der Waals surface area contributed by atoms with Crippen molar-refractivity contribution in [3.63, 3.8) is 0 Å². The molecular formula is C18H26N4O3. The van der Waals surface area contributed by atoms with Crippen molar-refractivity contribution in [1.29, 1.82) is 0 Å². The zero-order chi connectivity index (χ0) is 17.6. The molecule has 0 aliphatic carbocycles. The van der Waals surface area contributed by atoms with Crippen LogP contribution in [0.2, 0.25) is 0 Å². The zero-order valence-corrected chi connectivity index (χ0v) is 14.5. The van der Waals surface area contributed by atoms with E-state index in [1.807, 2.05) is 25.1 Å². The molecule has 136 valence electrons. The normalized spacial score (nSPS) is 25.0. The van der Waals surface area contributed by atoms with Crippen molar-refractivity contribution in [3.05, 3.63) is 29.8 Å². The van der Waals surface area contributed by atoms with Crippen LogP contribution in [0.5, 0.6) is 5.75 Å². The number of fused-ring (bicyclic) bond motifs is 2. The summed E-state index contributed by atoms with van der Waals surface area (Å²) in [5.74, 6) is 0.924. The highest BCUT2D eigenvalue weighted by Crippen LogP contribution is 2.34. The predicted molar refractivity (Wildman–Crippen MR) is 95.4 cm³/mol. The third kappa shape index (κ3) is 4.85. The second-order valence-corrected chi connectivity index (χ2v) is 6.46. The lowest BCUT2D eigenvalue weighted by atomic mass is 9.96. The summed E-state index contributed by atoms with van der Waals surface area (Å²) >= 11 is 0. The van der Waals surface area contributed by atoms with E-state index in [2.05, 4.69) is 15.6 Å². The standard InChI is InChI=1S/C18H26N4O3/c1-2-20-18(22-15-9-14-6-7-16(15)25-14)21-10-12-4-3-5-13(8-12)24-11-17(19)23/h3-5,8,14-16H,2,6-7,9-11H2,1H3,(H2,19,23)(H2,20,21,22). The Balaban J connectivity index is 1.59. The Morgan fingerprint density at radius 1 is 1.44 bits per heavy atom. The molecule has 2 saturated heterocycles. The second kappa shape index (κ2) is 8.20. The smallest absolute Gasteiger partial charge is 0.255 e. The van der Waals surface area contributed by atoms with Gasteiger partial charge in [-0.15, -0.1) is 0 Å². The number of rotatable bonds is 7. The fourth-order valence-corrected chi connectivity index (χ4v) is 3.34. The summed E-state index contributed by atoms with van der Waals surface area (Å²) in [5.41, 5.74) is 6.10. The van der Waals surface area contributed by atoms with Crippen LogP contribution < -0.4 is 21.1 Å². The first-order valence-electron chi connectivity index (χ1n) is 8.84. The number of nitrogens with one attached hydrogen (secondary N) is 2. The van der Waals surface area contributed by atoms with Gasteiger partial charge in [-0.25, -0.2) is 4.99 Å². The quantitative estimate of drug-likeness (QED) is 0.504. The Morgan fingerprint density at radius 3 is 3.00 bits per heavy atom. The average molecular weight is 346 g/mol. The molecule has 2 aliphatic rings. The fraction of sp³-hybridized carbons (Fsp3) is 0.556. The number of hydrogen-bond acceptors (Lipinski definition) is 4. The minimum atomic E-state index is -0.491. The first kappa shape index (κ1) is 17.5. The monoisotopic (exact) mass is 346 g/mol. The van der Waals surface area contributed by atoms with E-state index in [4.69, 9.17) is 15.2 Å². The largest absolute Gasteiger partial charge is 0.484 e. The molecule has 2 heterocycles. The van der Waals surface area contributed by atoms with Crippen molar-refractivity contribution >= 4 is 11.9 Å². The Morgan fingerprint density at radius 2 is 2.32 bits per heavy atom. The van der Waals surface area contributed by atoms with Crippen LogP contribution in [0.4, 0.5) is 0 Å². The highest BCUT2D eigenvalue weighted by Gasteiger charge is 2.41. The van der Waals surface area contributed by atoms with E-state index in [9.17, 15) is 4.79 Å². The van der Waals surface area contributed by atoms with Gasteiger partial charge in [0.05, 0.1) is 24.8 Å². The molecule has 2 bridgehead atoms. The van der Waals surface area contributed by atoms with Gasteiger partial charge in [-0.1, -0.05) is 12.1 Å². The predicted octanol–water partition coefficient (Wildman–Crippen LogP) is 0.926. The maximum Gasteiger partial charge on any atom is 0.255 e. The number of aliphatic imine (C=N–C) groups is 1. The molecule has 1 aromatic rings. The zero-order valence-electron chi connectivity index (χ0n) is 14.5. The van der Waals surface area contributed by atoms with Crippen molar-refractivity contribution < 1.29 is 14.3 Å². The summed E-state index contributed by atoms with van der Waals surface area (Å²) in [4.78, 5) is 15.5. The van der Waals surface area contributed by atoms with E-state index < -0.39 is 5.91 Å². The van der Waals surface area contributed by atoms with Gasteiger partial charge in [0.25, 0.3) is 5.91 Å². The Kier molecular flexibility index (Phi) is 5.75. The Hall–Kier alpha value is -2.28. The van der Waals surface area contributed by atoms with Crippen LogP contribution in [0.25, 0.3) is 0 Å². The summed E-state index contributed by atoms with van der Waals surface area (Å²) in [7, 11) is 0. The molecule has 3 rings (SSSR count). The highest BCUT2D eigenvalue weighted by molar-refractivity contribution is 5.80. The van der Waals surface area contributed by atoms with Gasteiger partial charge in [0, 0.05) is 6.54 Å². The van der Waals surface area contributed by atoms with Crippen molar-refractivity contribution in [2.45, 2.75) is 51.0 Å². The molecule has 1 amide bonds. The first-order valence-corrected chi connectivity index (χ1v) is 8.84. The molecule has 1 aromatic carbocycles. The fourth-order valence-electron chi connectivity index (χ4n) is 3.34. The Bertz CT molecular complexity index is 635. The number of carbonyl (C=O) groups excluding carboxylic acids is 1. The summed E-state index contributed by atoms with van der Waals surface area (Å²) in [6.45, 7) is 3.24. The third-order valence-corrected chi connectivity index (χ3v) is 4.47. The molecule has 25 heavy (non-hydrogen) atoms.